The second-order valence-electron chi connectivity index (χ2n) is 11.2. The van der Waals surface area contributed by atoms with Crippen LogP contribution in [0.3, 0.4) is 0 Å². The molecule has 10 heteroatoms. The summed E-state index contributed by atoms with van der Waals surface area (Å²) in [5, 5.41) is 17.4. The van der Waals surface area contributed by atoms with Crippen molar-refractivity contribution in [2.45, 2.75) is 58.7 Å². The molecule has 4 aromatic rings. The average Bonchev–Trinajstić information content (AvgIpc) is 3.00. The molecule has 45 heavy (non-hydrogen) atoms. The van der Waals surface area contributed by atoms with Crippen LogP contribution in [0, 0.1) is 18.6 Å². The molecule has 0 spiro atoms. The van der Waals surface area contributed by atoms with Gasteiger partial charge in [0.25, 0.3) is 11.8 Å². The van der Waals surface area contributed by atoms with Gasteiger partial charge in [0.15, 0.2) is 5.43 Å². The predicted molar refractivity (Wildman–Crippen MR) is 169 cm³/mol. The number of carbonyl (C=O) groups excluding carboxylic acids is 2. The third-order valence-corrected chi connectivity index (χ3v) is 7.44. The molecule has 0 unspecified atom stereocenters. The number of benzene rings is 3. The van der Waals surface area contributed by atoms with Crippen LogP contribution in [0.25, 0.3) is 11.0 Å². The first-order chi connectivity index (χ1) is 21.6. The summed E-state index contributed by atoms with van der Waals surface area (Å²) in [5.41, 5.74) is 2.14. The molecule has 4 rings (SSSR count). The molecule has 0 aliphatic heterocycles. The van der Waals surface area contributed by atoms with Crippen molar-refractivity contribution < 1.29 is 27.9 Å². The maximum absolute atomic E-state index is 14.0. The first-order valence-electron chi connectivity index (χ1n) is 15.1. The van der Waals surface area contributed by atoms with E-state index in [0.717, 1.165) is 31.0 Å². The van der Waals surface area contributed by atoms with Crippen LogP contribution in [-0.4, -0.2) is 53.6 Å². The zero-order valence-electron chi connectivity index (χ0n) is 25.7. The van der Waals surface area contributed by atoms with E-state index in [4.69, 9.17) is 4.42 Å². The Morgan fingerprint density at radius 3 is 2.31 bits per heavy atom. The number of halogens is 2. The lowest BCUT2D eigenvalue weighted by Crippen LogP contribution is -2.48. The van der Waals surface area contributed by atoms with Gasteiger partial charge < -0.3 is 25.1 Å². The highest BCUT2D eigenvalue weighted by Gasteiger charge is 2.24. The van der Waals surface area contributed by atoms with Gasteiger partial charge in [0.1, 0.15) is 17.2 Å². The van der Waals surface area contributed by atoms with E-state index in [1.54, 1.807) is 48.2 Å². The highest BCUT2D eigenvalue weighted by molar-refractivity contribution is 6.00. The number of aryl methyl sites for hydroxylation is 1. The van der Waals surface area contributed by atoms with Gasteiger partial charge in [-0.25, -0.2) is 8.78 Å². The minimum absolute atomic E-state index is 0.0600. The standard InChI is InChI=1S/C35H39F2N3O5/c1-4-10-40(11-5-2)35(44)25-13-22(3)12-24(17-25)34(43)39-30(16-23-14-27(36)18-28(37)15-23)31(41)20-38-19-26-21-45-32-9-7-6-8-29(32)33(26)42/h6-9,12-15,17-18,21,30-31,38,41H,4-5,10-11,16,19-20H2,1-3H3,(H,39,43)/t30-,31+/m0/s1. The van der Waals surface area contributed by atoms with Crippen LogP contribution in [0.5, 0.6) is 0 Å². The monoisotopic (exact) mass is 619 g/mol. The molecule has 3 N–H and O–H groups in total. The average molecular weight is 620 g/mol. The molecular formula is C35H39F2N3O5. The topological polar surface area (TPSA) is 112 Å². The Balaban J connectivity index is 1.53. The van der Waals surface area contributed by atoms with Crippen LogP contribution < -0.4 is 16.1 Å². The third kappa shape index (κ3) is 8.83. The maximum Gasteiger partial charge on any atom is 0.253 e. The van der Waals surface area contributed by atoms with Gasteiger partial charge in [0.05, 0.1) is 23.8 Å². The van der Waals surface area contributed by atoms with Crippen LogP contribution in [0.4, 0.5) is 8.78 Å². The van der Waals surface area contributed by atoms with Gasteiger partial charge in [0, 0.05) is 48.9 Å². The molecule has 8 nitrogen and oxygen atoms in total. The lowest BCUT2D eigenvalue weighted by Gasteiger charge is -2.25. The molecule has 0 fully saturated rings. The molecule has 238 valence electrons. The summed E-state index contributed by atoms with van der Waals surface area (Å²) in [7, 11) is 0. The van der Waals surface area contributed by atoms with Gasteiger partial charge in [0.2, 0.25) is 0 Å². The second kappa shape index (κ2) is 15.5. The van der Waals surface area contributed by atoms with Crippen LogP contribution in [0.15, 0.2) is 76.1 Å². The van der Waals surface area contributed by atoms with Crippen molar-refractivity contribution in [3.8, 4) is 0 Å². The summed E-state index contributed by atoms with van der Waals surface area (Å²) in [4.78, 5) is 41.4. The molecule has 3 aromatic carbocycles. The quantitative estimate of drug-likeness (QED) is 0.180. The number of amides is 2. The Bertz CT molecular complexity index is 1680. The minimum atomic E-state index is -1.22. The summed E-state index contributed by atoms with van der Waals surface area (Å²) in [6, 6.07) is 13.8. The van der Waals surface area contributed by atoms with E-state index in [-0.39, 0.29) is 42.0 Å². The number of hydrogen-bond acceptors (Lipinski definition) is 6. The van der Waals surface area contributed by atoms with Crippen LogP contribution in [0.1, 0.15) is 64.1 Å². The lowest BCUT2D eigenvalue weighted by molar-refractivity contribution is 0.0755. The fourth-order valence-electron chi connectivity index (χ4n) is 5.33. The zero-order valence-corrected chi connectivity index (χ0v) is 25.7. The number of hydrogen-bond donors (Lipinski definition) is 3. The van der Waals surface area contributed by atoms with E-state index in [2.05, 4.69) is 10.6 Å². The first-order valence-corrected chi connectivity index (χ1v) is 15.1. The van der Waals surface area contributed by atoms with E-state index in [1.165, 1.54) is 12.3 Å². The number of nitrogens with zero attached hydrogens (tertiary/aromatic N) is 1. The normalized spacial score (nSPS) is 12.6. The van der Waals surface area contributed by atoms with E-state index in [9.17, 15) is 28.3 Å². The number of para-hydroxylation sites is 1. The Kier molecular flexibility index (Phi) is 11.6. The molecule has 0 radical (unpaired) electrons. The van der Waals surface area contributed by atoms with E-state index in [0.29, 0.717) is 40.7 Å². The van der Waals surface area contributed by atoms with Gasteiger partial charge >= 0.3 is 0 Å². The second-order valence-corrected chi connectivity index (χ2v) is 11.2. The third-order valence-electron chi connectivity index (χ3n) is 7.44. The number of nitrogens with one attached hydrogen (secondary N) is 2. The summed E-state index contributed by atoms with van der Waals surface area (Å²) < 4.78 is 33.6. The molecule has 1 aromatic heterocycles. The molecular weight excluding hydrogens is 580 g/mol. The molecule has 0 aliphatic rings. The predicted octanol–water partition coefficient (Wildman–Crippen LogP) is 5.13. The van der Waals surface area contributed by atoms with Crippen molar-refractivity contribution in [3.63, 3.8) is 0 Å². The highest BCUT2D eigenvalue weighted by Crippen LogP contribution is 2.16. The van der Waals surface area contributed by atoms with Crippen molar-refractivity contribution in [1.82, 2.24) is 15.5 Å². The Hall–Kier alpha value is -4.41. The Morgan fingerprint density at radius 2 is 1.62 bits per heavy atom. The summed E-state index contributed by atoms with van der Waals surface area (Å²) in [5.74, 6) is -2.29. The van der Waals surface area contributed by atoms with Crippen LogP contribution in [0.2, 0.25) is 0 Å². The lowest BCUT2D eigenvalue weighted by atomic mass is 9.99. The van der Waals surface area contributed by atoms with Crippen LogP contribution >= 0.6 is 0 Å². The van der Waals surface area contributed by atoms with Gasteiger partial charge in [-0.15, -0.1) is 0 Å². The Labute approximate surface area is 261 Å². The number of fused-ring (bicyclic) bond motifs is 1. The summed E-state index contributed by atoms with van der Waals surface area (Å²) in [6.07, 6.45) is 1.65. The van der Waals surface area contributed by atoms with Crippen molar-refractivity contribution in [2.75, 3.05) is 19.6 Å². The SMILES string of the molecule is CCCN(CCC)C(=O)c1cc(C)cc(C(=O)N[C@@H](Cc2cc(F)cc(F)c2)[C@H](O)CNCc2coc3ccccc3c2=O)c1. The maximum atomic E-state index is 14.0. The molecule has 0 saturated carbocycles. The van der Waals surface area contributed by atoms with Gasteiger partial charge in [-0.1, -0.05) is 26.0 Å². The fraction of sp³-hybridized carbons (Fsp3) is 0.343. The molecule has 0 saturated heterocycles. The van der Waals surface area contributed by atoms with Crippen LogP contribution in [-0.2, 0) is 13.0 Å². The summed E-state index contributed by atoms with van der Waals surface area (Å²) >= 11 is 0. The van der Waals surface area contributed by atoms with Crippen molar-refractivity contribution in [1.29, 1.82) is 0 Å². The number of carbonyl (C=O) groups is 2. The van der Waals surface area contributed by atoms with Gasteiger partial charge in [-0.05, 0) is 79.8 Å². The largest absolute Gasteiger partial charge is 0.464 e. The number of aliphatic hydroxyl groups excluding tert-OH is 1. The zero-order chi connectivity index (χ0) is 32.5. The van der Waals surface area contributed by atoms with E-state index in [1.807, 2.05) is 13.8 Å². The first kappa shape index (κ1) is 33.5. The van der Waals surface area contributed by atoms with Crippen molar-refractivity contribution >= 4 is 22.8 Å². The minimum Gasteiger partial charge on any atom is -0.464 e. The van der Waals surface area contributed by atoms with E-state index < -0.39 is 29.7 Å². The number of aliphatic hydroxyl groups is 1. The smallest absolute Gasteiger partial charge is 0.253 e. The molecule has 2 atom stereocenters. The molecule has 0 bridgehead atoms. The summed E-state index contributed by atoms with van der Waals surface area (Å²) in [6.45, 7) is 6.97. The van der Waals surface area contributed by atoms with Gasteiger partial charge in [-0.3, -0.25) is 14.4 Å². The Morgan fingerprint density at radius 1 is 0.956 bits per heavy atom. The van der Waals surface area contributed by atoms with E-state index >= 15 is 0 Å². The van der Waals surface area contributed by atoms with Gasteiger partial charge in [-0.2, -0.15) is 0 Å². The molecule has 0 aliphatic carbocycles. The molecule has 1 heterocycles. The van der Waals surface area contributed by atoms with Crippen molar-refractivity contribution in [2.24, 2.45) is 0 Å². The van der Waals surface area contributed by atoms with Crippen molar-refractivity contribution in [3.05, 3.63) is 117 Å². The fourth-order valence-corrected chi connectivity index (χ4v) is 5.33. The highest BCUT2D eigenvalue weighted by atomic mass is 19.1. The molecule has 2 amide bonds. The number of rotatable bonds is 14.